The third-order valence-corrected chi connectivity index (χ3v) is 6.82. The Hall–Kier alpha value is -3.21. The minimum absolute atomic E-state index is 0.00600. The number of hydrogen-bond donors (Lipinski definition) is 0. The Bertz CT molecular complexity index is 1180. The maximum absolute atomic E-state index is 5.52. The molecule has 0 saturated heterocycles. The fourth-order valence-electron chi connectivity index (χ4n) is 5.29. The molecule has 0 N–H and O–H groups in total. The van der Waals surface area contributed by atoms with Crippen molar-refractivity contribution in [3.63, 3.8) is 0 Å². The number of para-hydroxylation sites is 1. The third-order valence-electron chi connectivity index (χ3n) is 6.82. The van der Waals surface area contributed by atoms with E-state index in [1.807, 2.05) is 30.7 Å². The van der Waals surface area contributed by atoms with Crippen molar-refractivity contribution in [3.05, 3.63) is 83.8 Å². The highest BCUT2D eigenvalue weighted by Crippen LogP contribution is 2.49. The van der Waals surface area contributed by atoms with Gasteiger partial charge in [0.15, 0.2) is 0 Å². The molecule has 2 aliphatic carbocycles. The molecule has 6 rings (SSSR count). The Morgan fingerprint density at radius 2 is 1.93 bits per heavy atom. The number of aromatic nitrogens is 4. The molecule has 5 nitrogen and oxygen atoms in total. The van der Waals surface area contributed by atoms with Gasteiger partial charge in [0.2, 0.25) is 0 Å². The van der Waals surface area contributed by atoms with E-state index in [1.165, 1.54) is 17.0 Å². The highest BCUT2D eigenvalue weighted by molar-refractivity contribution is 5.61. The Morgan fingerprint density at radius 1 is 1.10 bits per heavy atom. The fourth-order valence-corrected chi connectivity index (χ4v) is 5.29. The number of imidazole rings is 1. The van der Waals surface area contributed by atoms with Gasteiger partial charge in [0, 0.05) is 46.7 Å². The number of pyridine rings is 1. The lowest BCUT2D eigenvalue weighted by molar-refractivity contribution is 0.206. The molecule has 0 radical (unpaired) electrons. The van der Waals surface area contributed by atoms with Crippen LogP contribution in [0.3, 0.4) is 0 Å². The van der Waals surface area contributed by atoms with Crippen LogP contribution in [0.4, 0.5) is 0 Å². The second-order valence-corrected chi connectivity index (χ2v) is 8.45. The van der Waals surface area contributed by atoms with Crippen molar-refractivity contribution in [2.45, 2.75) is 38.0 Å². The Morgan fingerprint density at radius 3 is 2.76 bits per heavy atom. The van der Waals surface area contributed by atoms with Gasteiger partial charge in [-0.25, -0.2) is 4.98 Å². The largest absolute Gasteiger partial charge is 0.361 e. The van der Waals surface area contributed by atoms with E-state index in [1.54, 1.807) is 0 Å². The summed E-state index contributed by atoms with van der Waals surface area (Å²) in [5.41, 5.74) is 6.05. The fraction of sp³-hybridized carbons (Fsp3) is 0.292. The van der Waals surface area contributed by atoms with Crippen molar-refractivity contribution in [1.29, 1.82) is 0 Å². The maximum Gasteiger partial charge on any atom is 0.145 e. The van der Waals surface area contributed by atoms with Gasteiger partial charge in [0.05, 0.1) is 11.9 Å². The minimum atomic E-state index is -0.00600. The first-order valence-electron chi connectivity index (χ1n) is 10.2. The maximum atomic E-state index is 5.52. The summed E-state index contributed by atoms with van der Waals surface area (Å²) >= 11 is 0. The SMILES string of the molecule is CC12Cc3cnoc3CC1CCc1c2nc(-c2ccncc2)n1-c1ccccc1. The van der Waals surface area contributed by atoms with Crippen LogP contribution in [-0.4, -0.2) is 19.7 Å². The first-order chi connectivity index (χ1) is 14.2. The monoisotopic (exact) mass is 382 g/mol. The van der Waals surface area contributed by atoms with Gasteiger partial charge in [0.1, 0.15) is 11.6 Å². The number of fused-ring (bicyclic) bond motifs is 4. The van der Waals surface area contributed by atoms with Gasteiger partial charge < -0.3 is 4.52 Å². The van der Waals surface area contributed by atoms with Gasteiger partial charge in [-0.2, -0.15) is 0 Å². The molecule has 0 amide bonds. The molecule has 29 heavy (non-hydrogen) atoms. The van der Waals surface area contributed by atoms with E-state index < -0.39 is 0 Å². The van der Waals surface area contributed by atoms with Crippen molar-refractivity contribution < 1.29 is 4.52 Å². The standard InChI is InChI=1S/C24H22N4O/c1-24-14-17-15-26-29-21(17)13-18(24)7-8-20-22(24)27-23(16-9-11-25-12-10-16)28(20)19-5-3-2-4-6-19/h2-6,9-12,15,18H,7-8,13-14H2,1H3. The summed E-state index contributed by atoms with van der Waals surface area (Å²) < 4.78 is 7.88. The van der Waals surface area contributed by atoms with E-state index >= 15 is 0 Å². The molecule has 5 heteroatoms. The number of hydrogen-bond acceptors (Lipinski definition) is 4. The zero-order valence-electron chi connectivity index (χ0n) is 16.4. The van der Waals surface area contributed by atoms with E-state index in [0.29, 0.717) is 5.92 Å². The normalized spacial score (nSPS) is 22.6. The molecule has 0 fully saturated rings. The van der Waals surface area contributed by atoms with E-state index in [-0.39, 0.29) is 5.41 Å². The van der Waals surface area contributed by atoms with Gasteiger partial charge in [-0.05, 0) is 49.4 Å². The Kier molecular flexibility index (Phi) is 3.54. The third kappa shape index (κ3) is 2.43. The molecule has 0 saturated carbocycles. The summed E-state index contributed by atoms with van der Waals surface area (Å²) in [4.78, 5) is 9.49. The van der Waals surface area contributed by atoms with Gasteiger partial charge in [0.25, 0.3) is 0 Å². The second kappa shape index (κ2) is 6.14. The topological polar surface area (TPSA) is 56.7 Å². The summed E-state index contributed by atoms with van der Waals surface area (Å²) in [6, 6.07) is 14.7. The van der Waals surface area contributed by atoms with Crippen molar-refractivity contribution in [2.75, 3.05) is 0 Å². The van der Waals surface area contributed by atoms with Crippen molar-refractivity contribution in [2.24, 2.45) is 5.92 Å². The molecular formula is C24H22N4O. The zero-order valence-corrected chi connectivity index (χ0v) is 16.4. The highest BCUT2D eigenvalue weighted by atomic mass is 16.5. The van der Waals surface area contributed by atoms with Crippen LogP contribution in [0.1, 0.15) is 36.1 Å². The van der Waals surface area contributed by atoms with Crippen LogP contribution in [0.15, 0.2) is 65.6 Å². The first-order valence-corrected chi connectivity index (χ1v) is 10.2. The van der Waals surface area contributed by atoms with Crippen LogP contribution in [0.5, 0.6) is 0 Å². The van der Waals surface area contributed by atoms with Crippen LogP contribution < -0.4 is 0 Å². The average molecular weight is 382 g/mol. The molecule has 4 aromatic rings. The second-order valence-electron chi connectivity index (χ2n) is 8.45. The molecule has 0 bridgehead atoms. The van der Waals surface area contributed by atoms with E-state index in [9.17, 15) is 0 Å². The lowest BCUT2D eigenvalue weighted by Crippen LogP contribution is -2.43. The molecule has 3 heterocycles. The van der Waals surface area contributed by atoms with E-state index in [4.69, 9.17) is 9.51 Å². The molecule has 2 atom stereocenters. The number of benzene rings is 1. The lowest BCUT2D eigenvalue weighted by atomic mass is 9.61. The van der Waals surface area contributed by atoms with Crippen molar-refractivity contribution in [1.82, 2.24) is 19.7 Å². The van der Waals surface area contributed by atoms with Crippen LogP contribution in [0.2, 0.25) is 0 Å². The predicted molar refractivity (Wildman–Crippen MR) is 110 cm³/mol. The lowest BCUT2D eigenvalue weighted by Gasteiger charge is -2.43. The van der Waals surface area contributed by atoms with Crippen LogP contribution >= 0.6 is 0 Å². The summed E-state index contributed by atoms with van der Waals surface area (Å²) in [5, 5.41) is 4.06. The highest BCUT2D eigenvalue weighted by Gasteiger charge is 2.48. The number of rotatable bonds is 2. The summed E-state index contributed by atoms with van der Waals surface area (Å²) in [5.74, 6) is 2.59. The molecule has 2 aliphatic rings. The smallest absolute Gasteiger partial charge is 0.145 e. The molecule has 1 aromatic carbocycles. The molecule has 2 unspecified atom stereocenters. The summed E-state index contributed by atoms with van der Waals surface area (Å²) in [6.07, 6.45) is 9.62. The van der Waals surface area contributed by atoms with Crippen molar-refractivity contribution >= 4 is 0 Å². The Labute approximate surface area is 169 Å². The van der Waals surface area contributed by atoms with Gasteiger partial charge in [-0.1, -0.05) is 30.3 Å². The van der Waals surface area contributed by atoms with E-state index in [2.05, 4.69) is 52.0 Å². The molecular weight excluding hydrogens is 360 g/mol. The van der Waals surface area contributed by atoms with Crippen LogP contribution in [0, 0.1) is 5.92 Å². The van der Waals surface area contributed by atoms with Gasteiger partial charge in [-0.3, -0.25) is 9.55 Å². The first kappa shape index (κ1) is 16.7. The predicted octanol–water partition coefficient (Wildman–Crippen LogP) is 4.54. The summed E-state index contributed by atoms with van der Waals surface area (Å²) in [7, 11) is 0. The summed E-state index contributed by atoms with van der Waals surface area (Å²) in [6.45, 7) is 2.38. The molecule has 144 valence electrons. The molecule has 3 aromatic heterocycles. The van der Waals surface area contributed by atoms with Gasteiger partial charge in [-0.15, -0.1) is 0 Å². The minimum Gasteiger partial charge on any atom is -0.361 e. The Balaban J connectivity index is 1.59. The van der Waals surface area contributed by atoms with Crippen LogP contribution in [0.25, 0.3) is 17.1 Å². The van der Waals surface area contributed by atoms with Crippen LogP contribution in [-0.2, 0) is 24.7 Å². The van der Waals surface area contributed by atoms with Gasteiger partial charge >= 0.3 is 0 Å². The quantitative estimate of drug-likeness (QED) is 0.511. The van der Waals surface area contributed by atoms with E-state index in [0.717, 1.165) is 48.5 Å². The zero-order chi connectivity index (χ0) is 19.4. The van der Waals surface area contributed by atoms with Crippen molar-refractivity contribution in [3.8, 4) is 17.1 Å². The molecule has 0 spiro atoms. The molecule has 0 aliphatic heterocycles. The average Bonchev–Trinajstić information content (AvgIpc) is 3.37. The number of nitrogens with zero attached hydrogens (tertiary/aromatic N) is 4.